The second kappa shape index (κ2) is 4.82. The van der Waals surface area contributed by atoms with E-state index in [0.29, 0.717) is 11.0 Å². The molecule has 7 nitrogen and oxygen atoms in total. The minimum atomic E-state index is -1.04. The van der Waals surface area contributed by atoms with Gasteiger partial charge in [0.1, 0.15) is 12.1 Å². The summed E-state index contributed by atoms with van der Waals surface area (Å²) in [6.07, 6.45) is 0. The Bertz CT molecular complexity index is 605. The van der Waals surface area contributed by atoms with Crippen molar-refractivity contribution in [1.29, 1.82) is 0 Å². The van der Waals surface area contributed by atoms with Gasteiger partial charge in [-0.1, -0.05) is 5.21 Å². The summed E-state index contributed by atoms with van der Waals surface area (Å²) in [7, 11) is 0. The van der Waals surface area contributed by atoms with Crippen molar-refractivity contribution in [3.05, 3.63) is 23.8 Å². The molecule has 0 aliphatic carbocycles. The van der Waals surface area contributed by atoms with Crippen molar-refractivity contribution in [3.8, 4) is 0 Å². The van der Waals surface area contributed by atoms with Crippen molar-refractivity contribution in [3.63, 3.8) is 0 Å². The van der Waals surface area contributed by atoms with Crippen LogP contribution in [0.4, 0.5) is 0 Å². The summed E-state index contributed by atoms with van der Waals surface area (Å²) >= 11 is 0. The summed E-state index contributed by atoms with van der Waals surface area (Å²) in [6.45, 7) is 1.90. The van der Waals surface area contributed by atoms with E-state index in [0.717, 1.165) is 0 Å². The molecule has 94 valence electrons. The molecule has 0 aliphatic rings. The second-order valence-electron chi connectivity index (χ2n) is 3.56. The van der Waals surface area contributed by atoms with Gasteiger partial charge in [-0.3, -0.25) is 4.79 Å². The second-order valence-corrected chi connectivity index (χ2v) is 3.56. The minimum absolute atomic E-state index is 0.0899. The van der Waals surface area contributed by atoms with Crippen molar-refractivity contribution < 1.29 is 19.4 Å². The molecule has 18 heavy (non-hydrogen) atoms. The average Bonchev–Trinajstić information content (AvgIpc) is 2.72. The number of carboxylic acid groups (broad SMARTS) is 1. The van der Waals surface area contributed by atoms with Crippen LogP contribution in [-0.4, -0.2) is 38.6 Å². The Morgan fingerprint density at radius 1 is 1.44 bits per heavy atom. The highest BCUT2D eigenvalue weighted by atomic mass is 16.5. The van der Waals surface area contributed by atoms with Gasteiger partial charge < -0.3 is 9.84 Å². The minimum Gasteiger partial charge on any atom is -0.478 e. The Morgan fingerprint density at radius 3 is 2.89 bits per heavy atom. The summed E-state index contributed by atoms with van der Waals surface area (Å²) in [5, 5.41) is 16.5. The van der Waals surface area contributed by atoms with E-state index in [1.807, 2.05) is 0 Å². The topological polar surface area (TPSA) is 94.3 Å². The van der Waals surface area contributed by atoms with Crippen molar-refractivity contribution in [2.45, 2.75) is 13.5 Å². The largest absolute Gasteiger partial charge is 0.478 e. The molecule has 1 N–H and O–H groups in total. The number of benzene rings is 1. The fourth-order valence-electron chi connectivity index (χ4n) is 1.54. The summed E-state index contributed by atoms with van der Waals surface area (Å²) in [5.74, 6) is -1.48. The molecule has 0 saturated heterocycles. The first-order valence-electron chi connectivity index (χ1n) is 5.34. The Morgan fingerprint density at radius 2 is 2.22 bits per heavy atom. The van der Waals surface area contributed by atoms with Gasteiger partial charge in [-0.25, -0.2) is 9.48 Å². The molecule has 2 rings (SSSR count). The number of nitrogens with zero attached hydrogens (tertiary/aromatic N) is 3. The smallest absolute Gasteiger partial charge is 0.335 e. The zero-order valence-corrected chi connectivity index (χ0v) is 9.66. The maximum absolute atomic E-state index is 11.3. The van der Waals surface area contributed by atoms with E-state index in [2.05, 4.69) is 10.3 Å². The first kappa shape index (κ1) is 12.0. The van der Waals surface area contributed by atoms with E-state index in [1.165, 1.54) is 16.8 Å². The molecular weight excluding hydrogens is 238 g/mol. The Hall–Kier alpha value is -2.44. The van der Waals surface area contributed by atoms with Crippen LogP contribution in [-0.2, 0) is 16.1 Å². The van der Waals surface area contributed by atoms with E-state index in [-0.39, 0.29) is 18.7 Å². The van der Waals surface area contributed by atoms with E-state index in [9.17, 15) is 9.59 Å². The molecule has 1 aromatic carbocycles. The normalized spacial score (nSPS) is 10.5. The molecule has 0 amide bonds. The molecule has 0 spiro atoms. The Labute approximate surface area is 102 Å². The van der Waals surface area contributed by atoms with Gasteiger partial charge in [0.15, 0.2) is 0 Å². The van der Waals surface area contributed by atoms with Crippen LogP contribution in [0.2, 0.25) is 0 Å². The van der Waals surface area contributed by atoms with Gasteiger partial charge in [-0.2, -0.15) is 0 Å². The van der Waals surface area contributed by atoms with Gasteiger partial charge in [0.05, 0.1) is 17.7 Å². The number of rotatable bonds is 4. The molecule has 0 radical (unpaired) electrons. The quantitative estimate of drug-likeness (QED) is 0.801. The van der Waals surface area contributed by atoms with Gasteiger partial charge in [-0.05, 0) is 25.1 Å². The Kier molecular flexibility index (Phi) is 3.22. The van der Waals surface area contributed by atoms with Crippen LogP contribution in [0.25, 0.3) is 11.0 Å². The van der Waals surface area contributed by atoms with E-state index < -0.39 is 11.9 Å². The van der Waals surface area contributed by atoms with Crippen molar-refractivity contribution in [1.82, 2.24) is 15.0 Å². The van der Waals surface area contributed by atoms with Crippen LogP contribution < -0.4 is 0 Å². The predicted octanol–water partition coefficient (Wildman–Crippen LogP) is 0.693. The number of hydrogen-bond donors (Lipinski definition) is 1. The standard InChI is InChI=1S/C11H11N3O4/c1-2-18-10(15)6-14-9-5-7(11(16)17)3-4-8(9)12-13-14/h3-5H,2,6H2,1H3,(H,16,17). The highest BCUT2D eigenvalue weighted by molar-refractivity contribution is 5.92. The number of esters is 1. The number of hydrogen-bond acceptors (Lipinski definition) is 5. The molecule has 0 saturated carbocycles. The Balaban J connectivity index is 2.36. The molecule has 1 heterocycles. The number of aromatic carboxylic acids is 1. The summed E-state index contributed by atoms with van der Waals surface area (Å²) in [6, 6.07) is 4.42. The first-order chi connectivity index (χ1) is 8.61. The van der Waals surface area contributed by atoms with Crippen LogP contribution in [0.3, 0.4) is 0 Å². The van der Waals surface area contributed by atoms with Crippen LogP contribution in [0.1, 0.15) is 17.3 Å². The summed E-state index contributed by atoms with van der Waals surface area (Å²) in [4.78, 5) is 22.2. The third-order valence-electron chi connectivity index (χ3n) is 2.35. The maximum atomic E-state index is 11.3. The van der Waals surface area contributed by atoms with E-state index in [4.69, 9.17) is 9.84 Å². The lowest BCUT2D eigenvalue weighted by Crippen LogP contribution is -2.14. The van der Waals surface area contributed by atoms with E-state index >= 15 is 0 Å². The molecule has 0 fully saturated rings. The van der Waals surface area contributed by atoms with Crippen LogP contribution in [0.15, 0.2) is 18.2 Å². The number of ether oxygens (including phenoxy) is 1. The molecule has 0 atom stereocenters. The number of fused-ring (bicyclic) bond motifs is 1. The van der Waals surface area contributed by atoms with Crippen LogP contribution in [0.5, 0.6) is 0 Å². The number of carboxylic acids is 1. The van der Waals surface area contributed by atoms with E-state index in [1.54, 1.807) is 13.0 Å². The third kappa shape index (κ3) is 2.29. The monoisotopic (exact) mass is 249 g/mol. The molecule has 0 unspecified atom stereocenters. The molecular formula is C11H11N3O4. The first-order valence-corrected chi connectivity index (χ1v) is 5.34. The number of aromatic nitrogens is 3. The van der Waals surface area contributed by atoms with Crippen molar-refractivity contribution in [2.75, 3.05) is 6.61 Å². The average molecular weight is 249 g/mol. The predicted molar refractivity (Wildman–Crippen MR) is 61.1 cm³/mol. The molecule has 0 aliphatic heterocycles. The van der Waals surface area contributed by atoms with Gasteiger partial charge in [-0.15, -0.1) is 5.10 Å². The zero-order valence-electron chi connectivity index (χ0n) is 9.66. The maximum Gasteiger partial charge on any atom is 0.335 e. The fourth-order valence-corrected chi connectivity index (χ4v) is 1.54. The lowest BCUT2D eigenvalue weighted by atomic mass is 10.2. The highest BCUT2D eigenvalue weighted by Gasteiger charge is 2.12. The number of carbonyl (C=O) groups is 2. The van der Waals surface area contributed by atoms with Gasteiger partial charge in [0.25, 0.3) is 0 Å². The summed E-state index contributed by atoms with van der Waals surface area (Å²) < 4.78 is 6.12. The summed E-state index contributed by atoms with van der Waals surface area (Å²) in [5.41, 5.74) is 1.14. The van der Waals surface area contributed by atoms with Crippen molar-refractivity contribution in [2.24, 2.45) is 0 Å². The SMILES string of the molecule is CCOC(=O)Cn1nnc2ccc(C(=O)O)cc21. The van der Waals surface area contributed by atoms with Crippen LogP contribution >= 0.6 is 0 Å². The van der Waals surface area contributed by atoms with Gasteiger partial charge >= 0.3 is 11.9 Å². The lowest BCUT2D eigenvalue weighted by Gasteiger charge is -2.02. The van der Waals surface area contributed by atoms with Crippen molar-refractivity contribution >= 4 is 23.0 Å². The molecule has 1 aromatic heterocycles. The number of carbonyl (C=O) groups excluding carboxylic acids is 1. The van der Waals surface area contributed by atoms with Gasteiger partial charge in [0, 0.05) is 0 Å². The highest BCUT2D eigenvalue weighted by Crippen LogP contribution is 2.13. The third-order valence-corrected chi connectivity index (χ3v) is 2.35. The molecule has 0 bridgehead atoms. The zero-order chi connectivity index (χ0) is 13.1. The van der Waals surface area contributed by atoms with Crippen LogP contribution in [0, 0.1) is 0 Å². The lowest BCUT2D eigenvalue weighted by molar-refractivity contribution is -0.143. The molecule has 2 aromatic rings. The fraction of sp³-hybridized carbons (Fsp3) is 0.273. The molecule has 7 heteroatoms. The van der Waals surface area contributed by atoms with Gasteiger partial charge in [0.2, 0.25) is 0 Å².